The Labute approximate surface area is 159 Å². The number of fused-ring (bicyclic) bond motifs is 1. The Kier molecular flexibility index (Phi) is 5.07. The van der Waals surface area contributed by atoms with E-state index in [1.54, 1.807) is 20.8 Å². The van der Waals surface area contributed by atoms with Crippen LogP contribution in [0, 0.1) is 0 Å². The minimum atomic E-state index is -4.52. The first-order valence-corrected chi connectivity index (χ1v) is 8.89. The Morgan fingerprint density at radius 2 is 2.00 bits per heavy atom. The number of hydrogen-bond acceptors (Lipinski definition) is 5. The smallest absolute Gasteiger partial charge is 0.433 e. The number of hydrogen-bond donors (Lipinski definition) is 0. The summed E-state index contributed by atoms with van der Waals surface area (Å²) in [6.45, 7) is 5.21. The van der Waals surface area contributed by atoms with Gasteiger partial charge in [-0.05, 0) is 45.2 Å². The summed E-state index contributed by atoms with van der Waals surface area (Å²) >= 11 is 0. The van der Waals surface area contributed by atoms with Crippen LogP contribution in [0.1, 0.15) is 56.7 Å². The molecule has 3 heterocycles. The molecule has 0 aliphatic carbocycles. The van der Waals surface area contributed by atoms with Crippen molar-refractivity contribution in [3.05, 3.63) is 45.9 Å². The number of halogens is 3. The number of carbonyl (C=O) groups is 1. The molecule has 1 aliphatic rings. The van der Waals surface area contributed by atoms with Crippen molar-refractivity contribution in [3.8, 4) is 0 Å². The summed E-state index contributed by atoms with van der Waals surface area (Å²) in [5.74, 6) is -0.0294. The van der Waals surface area contributed by atoms with Gasteiger partial charge in [-0.2, -0.15) is 18.3 Å². The first kappa shape index (κ1) is 20.1. The Morgan fingerprint density at radius 1 is 1.29 bits per heavy atom. The summed E-state index contributed by atoms with van der Waals surface area (Å²) in [6.07, 6.45) is -1.77. The van der Waals surface area contributed by atoms with E-state index in [1.165, 1.54) is 10.6 Å². The highest BCUT2D eigenvalue weighted by Gasteiger charge is 2.34. The SMILES string of the molecule is CC(C)(C)OC(=O)[C@@H]1CCCc2nn(Cc3ccc(C(F)(F)F)nc3)c(=O)n21. The summed E-state index contributed by atoms with van der Waals surface area (Å²) in [5.41, 5.74) is -1.78. The van der Waals surface area contributed by atoms with Gasteiger partial charge in [0, 0.05) is 12.6 Å². The third-order valence-electron chi connectivity index (χ3n) is 4.26. The minimum Gasteiger partial charge on any atom is -0.458 e. The van der Waals surface area contributed by atoms with Crippen LogP contribution in [0.25, 0.3) is 0 Å². The van der Waals surface area contributed by atoms with E-state index in [0.29, 0.717) is 30.7 Å². The first-order valence-electron chi connectivity index (χ1n) is 8.89. The Balaban J connectivity index is 1.86. The van der Waals surface area contributed by atoms with Gasteiger partial charge >= 0.3 is 17.8 Å². The van der Waals surface area contributed by atoms with Crippen molar-refractivity contribution in [1.82, 2.24) is 19.3 Å². The first-order chi connectivity index (χ1) is 13.0. The molecule has 0 unspecified atom stereocenters. The average molecular weight is 398 g/mol. The third kappa shape index (κ3) is 4.26. The molecule has 2 aromatic heterocycles. The molecule has 0 fully saturated rings. The second-order valence-electron chi connectivity index (χ2n) is 7.72. The van der Waals surface area contributed by atoms with Gasteiger partial charge in [-0.25, -0.2) is 14.3 Å². The van der Waals surface area contributed by atoms with E-state index in [4.69, 9.17) is 4.74 Å². The van der Waals surface area contributed by atoms with Gasteiger partial charge in [0.25, 0.3) is 0 Å². The molecule has 10 heteroatoms. The molecular weight excluding hydrogens is 377 g/mol. The van der Waals surface area contributed by atoms with Gasteiger partial charge in [0.2, 0.25) is 0 Å². The topological polar surface area (TPSA) is 79.0 Å². The number of aromatic nitrogens is 4. The van der Waals surface area contributed by atoms with Crippen molar-refractivity contribution >= 4 is 5.97 Å². The van der Waals surface area contributed by atoms with Gasteiger partial charge in [0.1, 0.15) is 23.2 Å². The molecule has 1 atom stereocenters. The zero-order chi connectivity index (χ0) is 20.7. The summed E-state index contributed by atoms with van der Waals surface area (Å²) in [6, 6.07) is 1.36. The molecule has 2 aromatic rings. The van der Waals surface area contributed by atoms with Gasteiger partial charge in [0.15, 0.2) is 0 Å². The lowest BCUT2D eigenvalue weighted by Gasteiger charge is -2.26. The highest BCUT2D eigenvalue weighted by molar-refractivity contribution is 5.74. The van der Waals surface area contributed by atoms with Crippen molar-refractivity contribution in [1.29, 1.82) is 0 Å². The van der Waals surface area contributed by atoms with Gasteiger partial charge < -0.3 is 4.74 Å². The fraction of sp³-hybridized carbons (Fsp3) is 0.556. The van der Waals surface area contributed by atoms with Crippen LogP contribution in [0.5, 0.6) is 0 Å². The number of aryl methyl sites for hydroxylation is 1. The molecule has 7 nitrogen and oxygen atoms in total. The minimum absolute atomic E-state index is 0.0367. The largest absolute Gasteiger partial charge is 0.458 e. The number of carbonyl (C=O) groups excluding carboxylic acids is 1. The molecule has 3 rings (SSSR count). The summed E-state index contributed by atoms with van der Waals surface area (Å²) < 4.78 is 45.8. The predicted molar refractivity (Wildman–Crippen MR) is 92.6 cm³/mol. The van der Waals surface area contributed by atoms with Crippen LogP contribution in [-0.2, 0) is 28.7 Å². The van der Waals surface area contributed by atoms with Gasteiger partial charge in [-0.15, -0.1) is 0 Å². The fourth-order valence-corrected chi connectivity index (χ4v) is 3.09. The fourth-order valence-electron chi connectivity index (χ4n) is 3.09. The highest BCUT2D eigenvalue weighted by Crippen LogP contribution is 2.27. The Bertz CT molecular complexity index is 924. The quantitative estimate of drug-likeness (QED) is 0.743. The van der Waals surface area contributed by atoms with E-state index < -0.39 is 35.2 Å². The van der Waals surface area contributed by atoms with Crippen LogP contribution in [0.4, 0.5) is 13.2 Å². The molecule has 1 aliphatic heterocycles. The van der Waals surface area contributed by atoms with Crippen LogP contribution in [0.15, 0.2) is 23.1 Å². The number of pyridine rings is 1. The second-order valence-corrected chi connectivity index (χ2v) is 7.72. The lowest BCUT2D eigenvalue weighted by atomic mass is 10.0. The maximum absolute atomic E-state index is 12.8. The molecular formula is C18H21F3N4O3. The molecule has 0 radical (unpaired) electrons. The van der Waals surface area contributed by atoms with E-state index in [1.807, 2.05) is 0 Å². The maximum atomic E-state index is 12.8. The molecule has 0 saturated heterocycles. The average Bonchev–Trinajstić information content (AvgIpc) is 2.89. The lowest BCUT2D eigenvalue weighted by Crippen LogP contribution is -2.38. The van der Waals surface area contributed by atoms with Gasteiger partial charge in [-0.3, -0.25) is 9.55 Å². The number of ether oxygens (including phenoxy) is 1. The number of rotatable bonds is 3. The number of esters is 1. The van der Waals surface area contributed by atoms with E-state index in [0.717, 1.165) is 16.9 Å². The van der Waals surface area contributed by atoms with Gasteiger partial charge in [-0.1, -0.05) is 6.07 Å². The lowest BCUT2D eigenvalue weighted by molar-refractivity contribution is -0.159. The van der Waals surface area contributed by atoms with E-state index in [-0.39, 0.29) is 6.54 Å². The second kappa shape index (κ2) is 7.06. The zero-order valence-corrected chi connectivity index (χ0v) is 15.8. The van der Waals surface area contributed by atoms with Crippen molar-refractivity contribution in [2.45, 2.75) is 64.4 Å². The monoisotopic (exact) mass is 398 g/mol. The number of nitrogens with zero attached hydrogens (tertiary/aromatic N) is 4. The van der Waals surface area contributed by atoms with Crippen molar-refractivity contribution in [2.75, 3.05) is 0 Å². The Hall–Kier alpha value is -2.65. The molecule has 0 spiro atoms. The molecule has 0 bridgehead atoms. The molecule has 152 valence electrons. The zero-order valence-electron chi connectivity index (χ0n) is 15.8. The van der Waals surface area contributed by atoms with Crippen LogP contribution in [0.2, 0.25) is 0 Å². The van der Waals surface area contributed by atoms with Crippen LogP contribution in [-0.4, -0.2) is 30.9 Å². The van der Waals surface area contributed by atoms with Crippen molar-refractivity contribution < 1.29 is 22.7 Å². The maximum Gasteiger partial charge on any atom is 0.433 e. The standard InChI is InChI=1S/C18H21F3N4O3/c1-17(2,3)28-15(26)12-5-4-6-14-23-24(16(27)25(12)14)10-11-7-8-13(22-9-11)18(19,20)21/h7-9,12H,4-6,10H2,1-3H3/t12-/m0/s1. The Morgan fingerprint density at radius 3 is 2.57 bits per heavy atom. The summed E-state index contributed by atoms with van der Waals surface area (Å²) in [4.78, 5) is 28.7. The molecule has 0 saturated carbocycles. The highest BCUT2D eigenvalue weighted by atomic mass is 19.4. The molecule has 28 heavy (non-hydrogen) atoms. The van der Waals surface area contributed by atoms with Crippen LogP contribution >= 0.6 is 0 Å². The van der Waals surface area contributed by atoms with E-state index in [9.17, 15) is 22.8 Å². The van der Waals surface area contributed by atoms with E-state index in [2.05, 4.69) is 10.1 Å². The van der Waals surface area contributed by atoms with Crippen molar-refractivity contribution in [3.63, 3.8) is 0 Å². The normalized spacial score (nSPS) is 17.3. The van der Waals surface area contributed by atoms with Crippen LogP contribution in [0.3, 0.4) is 0 Å². The summed E-state index contributed by atoms with van der Waals surface area (Å²) in [7, 11) is 0. The van der Waals surface area contributed by atoms with E-state index >= 15 is 0 Å². The van der Waals surface area contributed by atoms with Crippen LogP contribution < -0.4 is 5.69 Å². The predicted octanol–water partition coefficient (Wildman–Crippen LogP) is 2.73. The van der Waals surface area contributed by atoms with Gasteiger partial charge in [0.05, 0.1) is 6.54 Å². The summed E-state index contributed by atoms with van der Waals surface area (Å²) in [5, 5.41) is 4.26. The third-order valence-corrected chi connectivity index (χ3v) is 4.26. The number of alkyl halides is 3. The molecule has 0 N–H and O–H groups in total. The molecule has 0 aromatic carbocycles. The molecule has 0 amide bonds. The van der Waals surface area contributed by atoms with Crippen molar-refractivity contribution in [2.24, 2.45) is 0 Å².